The van der Waals surface area contributed by atoms with E-state index in [4.69, 9.17) is 11.5 Å². The van der Waals surface area contributed by atoms with Crippen molar-refractivity contribution in [2.75, 3.05) is 5.73 Å². The second kappa shape index (κ2) is 4.32. The van der Waals surface area contributed by atoms with Gasteiger partial charge in [-0.2, -0.15) is 0 Å². The second-order valence-electron chi connectivity index (χ2n) is 3.41. The Morgan fingerprint density at radius 1 is 1.44 bits per heavy atom. The predicted molar refractivity (Wildman–Crippen MR) is 64.9 cm³/mol. The van der Waals surface area contributed by atoms with Crippen molar-refractivity contribution >= 4 is 22.9 Å². The minimum Gasteiger partial charge on any atom is -0.399 e. The van der Waals surface area contributed by atoms with Crippen LogP contribution in [-0.4, -0.2) is 10.9 Å². The van der Waals surface area contributed by atoms with E-state index in [2.05, 4.69) is 4.98 Å². The standard InChI is InChI=1S/C11H11N3OS/c12-8-3-1-2-7(4-8)11-14-9(6-16-11)5-10(13)15/h1-4,6H,5,12H2,(H2,13,15). The van der Waals surface area contributed by atoms with Gasteiger partial charge < -0.3 is 11.5 Å². The number of primary amides is 1. The molecule has 0 aliphatic rings. The third-order valence-corrected chi connectivity index (χ3v) is 2.98. The van der Waals surface area contributed by atoms with E-state index in [0.29, 0.717) is 11.4 Å². The summed E-state index contributed by atoms with van der Waals surface area (Å²) in [5, 5.41) is 2.69. The van der Waals surface area contributed by atoms with Gasteiger partial charge in [0.05, 0.1) is 12.1 Å². The van der Waals surface area contributed by atoms with Crippen molar-refractivity contribution in [1.82, 2.24) is 4.98 Å². The number of thiazole rings is 1. The molecule has 0 aliphatic carbocycles. The van der Waals surface area contributed by atoms with Gasteiger partial charge in [0, 0.05) is 16.6 Å². The molecule has 1 amide bonds. The number of benzene rings is 1. The largest absolute Gasteiger partial charge is 0.399 e. The molecule has 0 spiro atoms. The van der Waals surface area contributed by atoms with Gasteiger partial charge in [0.25, 0.3) is 0 Å². The number of rotatable bonds is 3. The number of hydrogen-bond donors (Lipinski definition) is 2. The van der Waals surface area contributed by atoms with Crippen molar-refractivity contribution in [1.29, 1.82) is 0 Å². The van der Waals surface area contributed by atoms with Crippen molar-refractivity contribution in [3.05, 3.63) is 35.3 Å². The van der Waals surface area contributed by atoms with Gasteiger partial charge in [-0.25, -0.2) is 4.98 Å². The van der Waals surface area contributed by atoms with Crippen LogP contribution in [0.4, 0.5) is 5.69 Å². The highest BCUT2D eigenvalue weighted by molar-refractivity contribution is 7.13. The number of amides is 1. The number of carbonyl (C=O) groups is 1. The zero-order valence-electron chi connectivity index (χ0n) is 8.51. The van der Waals surface area contributed by atoms with E-state index in [1.54, 1.807) is 0 Å². The van der Waals surface area contributed by atoms with Crippen LogP contribution in [0.2, 0.25) is 0 Å². The van der Waals surface area contributed by atoms with Crippen molar-refractivity contribution in [3.63, 3.8) is 0 Å². The lowest BCUT2D eigenvalue weighted by molar-refractivity contribution is -0.117. The molecule has 4 N–H and O–H groups in total. The van der Waals surface area contributed by atoms with Crippen LogP contribution < -0.4 is 11.5 Å². The smallest absolute Gasteiger partial charge is 0.223 e. The Bertz CT molecular complexity index is 521. The van der Waals surface area contributed by atoms with E-state index in [-0.39, 0.29) is 12.3 Å². The van der Waals surface area contributed by atoms with Gasteiger partial charge in [-0.05, 0) is 12.1 Å². The SMILES string of the molecule is NC(=O)Cc1csc(-c2cccc(N)c2)n1. The highest BCUT2D eigenvalue weighted by atomic mass is 32.1. The van der Waals surface area contributed by atoms with E-state index in [9.17, 15) is 4.79 Å². The number of nitrogens with zero attached hydrogens (tertiary/aromatic N) is 1. The number of anilines is 1. The summed E-state index contributed by atoms with van der Waals surface area (Å²) in [5.41, 5.74) is 13.1. The molecule has 0 radical (unpaired) electrons. The van der Waals surface area contributed by atoms with Gasteiger partial charge in [0.2, 0.25) is 5.91 Å². The summed E-state index contributed by atoms with van der Waals surface area (Å²) in [6.07, 6.45) is 0.179. The number of aromatic nitrogens is 1. The Balaban J connectivity index is 2.28. The quantitative estimate of drug-likeness (QED) is 0.786. The third kappa shape index (κ3) is 2.38. The van der Waals surface area contributed by atoms with Crippen LogP contribution in [0.5, 0.6) is 0 Å². The molecular formula is C11H11N3OS. The van der Waals surface area contributed by atoms with Gasteiger partial charge >= 0.3 is 0 Å². The van der Waals surface area contributed by atoms with Crippen LogP contribution in [0.1, 0.15) is 5.69 Å². The molecule has 16 heavy (non-hydrogen) atoms. The summed E-state index contributed by atoms with van der Waals surface area (Å²) in [6.45, 7) is 0. The molecule has 0 atom stereocenters. The lowest BCUT2D eigenvalue weighted by Gasteiger charge is -1.97. The molecule has 4 nitrogen and oxygen atoms in total. The first-order chi connectivity index (χ1) is 7.65. The third-order valence-electron chi connectivity index (χ3n) is 2.04. The molecule has 82 valence electrons. The topological polar surface area (TPSA) is 82.0 Å². The Morgan fingerprint density at radius 3 is 2.94 bits per heavy atom. The van der Waals surface area contributed by atoms with E-state index in [1.165, 1.54) is 11.3 Å². The van der Waals surface area contributed by atoms with Gasteiger partial charge in [-0.15, -0.1) is 11.3 Å². The van der Waals surface area contributed by atoms with Crippen molar-refractivity contribution in [2.24, 2.45) is 5.73 Å². The highest BCUT2D eigenvalue weighted by Crippen LogP contribution is 2.25. The summed E-state index contributed by atoms with van der Waals surface area (Å²) in [4.78, 5) is 15.1. The fourth-order valence-corrected chi connectivity index (χ4v) is 2.19. The zero-order valence-corrected chi connectivity index (χ0v) is 9.33. The Kier molecular flexibility index (Phi) is 2.87. The van der Waals surface area contributed by atoms with Crippen molar-refractivity contribution in [2.45, 2.75) is 6.42 Å². The average Bonchev–Trinajstić information content (AvgIpc) is 2.65. The Labute approximate surface area is 96.9 Å². The summed E-state index contributed by atoms with van der Waals surface area (Å²) >= 11 is 1.48. The highest BCUT2D eigenvalue weighted by Gasteiger charge is 2.06. The maximum Gasteiger partial charge on any atom is 0.223 e. The zero-order chi connectivity index (χ0) is 11.5. The van der Waals surface area contributed by atoms with Crippen molar-refractivity contribution in [3.8, 4) is 10.6 Å². The maximum atomic E-state index is 10.7. The number of nitrogens with two attached hydrogens (primary N) is 2. The molecule has 0 aliphatic heterocycles. The van der Waals surface area contributed by atoms with Crippen LogP contribution in [0.15, 0.2) is 29.6 Å². The lowest BCUT2D eigenvalue weighted by Crippen LogP contribution is -2.13. The van der Waals surface area contributed by atoms with Crippen LogP contribution >= 0.6 is 11.3 Å². The summed E-state index contributed by atoms with van der Waals surface area (Å²) in [5.74, 6) is -0.371. The Hall–Kier alpha value is -1.88. The van der Waals surface area contributed by atoms with Gasteiger partial charge in [-0.1, -0.05) is 12.1 Å². The molecular weight excluding hydrogens is 222 g/mol. The molecule has 1 heterocycles. The molecule has 0 saturated carbocycles. The first kappa shape index (κ1) is 10.6. The van der Waals surface area contributed by atoms with Crippen LogP contribution in [0, 0.1) is 0 Å². The number of nitrogen functional groups attached to an aromatic ring is 1. The lowest BCUT2D eigenvalue weighted by atomic mass is 10.2. The van der Waals surface area contributed by atoms with Crippen LogP contribution in [0.25, 0.3) is 10.6 Å². The Morgan fingerprint density at radius 2 is 2.25 bits per heavy atom. The fraction of sp³-hybridized carbons (Fsp3) is 0.0909. The summed E-state index contributed by atoms with van der Waals surface area (Å²) in [7, 11) is 0. The monoisotopic (exact) mass is 233 g/mol. The molecule has 1 aromatic carbocycles. The van der Waals surface area contributed by atoms with E-state index in [0.717, 1.165) is 10.6 Å². The normalized spacial score (nSPS) is 10.2. The van der Waals surface area contributed by atoms with Crippen molar-refractivity contribution < 1.29 is 4.79 Å². The second-order valence-corrected chi connectivity index (χ2v) is 4.27. The van der Waals surface area contributed by atoms with E-state index in [1.807, 2.05) is 29.6 Å². The summed E-state index contributed by atoms with van der Waals surface area (Å²) < 4.78 is 0. The minimum atomic E-state index is -0.371. The first-order valence-electron chi connectivity index (χ1n) is 4.74. The minimum absolute atomic E-state index is 0.179. The van der Waals surface area contributed by atoms with E-state index >= 15 is 0 Å². The molecule has 1 aromatic heterocycles. The molecule has 5 heteroatoms. The molecule has 0 unspecified atom stereocenters. The van der Waals surface area contributed by atoms with Crippen LogP contribution in [0.3, 0.4) is 0 Å². The molecule has 2 rings (SSSR count). The molecule has 0 fully saturated rings. The molecule has 0 saturated heterocycles. The van der Waals surface area contributed by atoms with E-state index < -0.39 is 0 Å². The average molecular weight is 233 g/mol. The van der Waals surface area contributed by atoms with Crippen LogP contribution in [-0.2, 0) is 11.2 Å². The number of hydrogen-bond acceptors (Lipinski definition) is 4. The van der Waals surface area contributed by atoms with Gasteiger partial charge in [0.1, 0.15) is 5.01 Å². The predicted octanol–water partition coefficient (Wildman–Crippen LogP) is 1.42. The fourth-order valence-electron chi connectivity index (χ4n) is 1.37. The first-order valence-corrected chi connectivity index (χ1v) is 5.62. The molecule has 0 bridgehead atoms. The van der Waals surface area contributed by atoms with Gasteiger partial charge in [0.15, 0.2) is 0 Å². The molecule has 2 aromatic rings. The number of carbonyl (C=O) groups excluding carboxylic acids is 1. The van der Waals surface area contributed by atoms with Gasteiger partial charge in [-0.3, -0.25) is 4.79 Å². The summed E-state index contributed by atoms with van der Waals surface area (Å²) in [6, 6.07) is 7.48. The maximum absolute atomic E-state index is 10.7.